The van der Waals surface area contributed by atoms with Gasteiger partial charge >= 0.3 is 0 Å². The van der Waals surface area contributed by atoms with E-state index in [0.29, 0.717) is 4.61 Å². The minimum Gasteiger partial charge on any atom is -0.482 e. The van der Waals surface area contributed by atoms with Gasteiger partial charge in [0.05, 0.1) is 0 Å². The minimum absolute atomic E-state index is 0.595. The molecule has 0 saturated heterocycles. The van der Waals surface area contributed by atoms with Crippen LogP contribution in [0.5, 0.6) is 5.75 Å². The first-order valence-corrected chi connectivity index (χ1v) is 7.32. The summed E-state index contributed by atoms with van der Waals surface area (Å²) in [7, 11) is 4.15. The molecule has 2 nitrogen and oxygen atoms in total. The van der Waals surface area contributed by atoms with Gasteiger partial charge in [0.1, 0.15) is 26.1 Å². The summed E-state index contributed by atoms with van der Waals surface area (Å²) in [6.07, 6.45) is 1.95. The third kappa shape index (κ3) is 3.16. The molecule has 0 amide bonds. The van der Waals surface area contributed by atoms with E-state index in [-0.39, 0.29) is 0 Å². The molecule has 6 heteroatoms. The largest absolute Gasteiger partial charge is 0.482 e. The zero-order valence-corrected chi connectivity index (χ0v) is 13.6. The van der Waals surface area contributed by atoms with Crippen LogP contribution in [0, 0.1) is 6.92 Å². The lowest BCUT2D eigenvalue weighted by molar-refractivity contribution is 0.395. The summed E-state index contributed by atoms with van der Waals surface area (Å²) in [4.78, 5) is 0.900. The molecule has 0 atom stereocenters. The molecule has 0 fully saturated rings. The van der Waals surface area contributed by atoms with Gasteiger partial charge in [0.25, 0.3) is 0 Å². The van der Waals surface area contributed by atoms with Gasteiger partial charge < -0.3 is 10.5 Å². The Kier molecular flexibility index (Phi) is 5.31. The van der Waals surface area contributed by atoms with E-state index in [2.05, 4.69) is 57.8 Å². The number of ether oxygens (including phenoxy) is 1. The van der Waals surface area contributed by atoms with Gasteiger partial charge in [-0.1, -0.05) is 16.5 Å². The average Bonchev–Trinajstić information content (AvgIpc) is 2.28. The van der Waals surface area contributed by atoms with Crippen molar-refractivity contribution in [3.63, 3.8) is 0 Å². The Bertz CT molecular complexity index is 473. The maximum atomic E-state index is 5.78. The smallest absolute Gasteiger partial charge is 0.141 e. The van der Waals surface area contributed by atoms with E-state index in [1.165, 1.54) is 11.0 Å². The normalized spacial score (nSPS) is 11.6. The second kappa shape index (κ2) is 6.09. The third-order valence-electron chi connectivity index (χ3n) is 2.91. The zero-order chi connectivity index (χ0) is 13.2. The van der Waals surface area contributed by atoms with Crippen molar-refractivity contribution in [1.29, 1.82) is 0 Å². The van der Waals surface area contributed by atoms with Crippen LogP contribution in [-0.2, 0) is 0 Å². The van der Waals surface area contributed by atoms with E-state index in [1.54, 1.807) is 0 Å². The van der Waals surface area contributed by atoms with Crippen LogP contribution in [0.25, 0.3) is 6.08 Å². The van der Waals surface area contributed by atoms with Crippen LogP contribution in [0.2, 0.25) is 0 Å². The molecule has 0 aromatic heterocycles. The molecule has 0 saturated carbocycles. The number of nitrogens with two attached hydrogens (primary N) is 1. The first-order valence-electron chi connectivity index (χ1n) is 5.35. The van der Waals surface area contributed by atoms with Crippen molar-refractivity contribution >= 4 is 67.9 Å². The second-order valence-corrected chi connectivity index (χ2v) is 5.18. The Morgan fingerprint density at radius 2 is 2.06 bits per heavy atom. The van der Waals surface area contributed by atoms with Crippen LogP contribution in [0.3, 0.4) is 0 Å². The van der Waals surface area contributed by atoms with Crippen LogP contribution in [0.15, 0.2) is 10.6 Å². The molecule has 17 heavy (non-hydrogen) atoms. The number of allylic oxidation sites excluding steroid dienone is 1. The molecule has 0 aliphatic carbocycles. The highest BCUT2D eigenvalue weighted by molar-refractivity contribution is 14.1. The van der Waals surface area contributed by atoms with Gasteiger partial charge in [0, 0.05) is 16.2 Å². The highest BCUT2D eigenvalue weighted by Gasteiger charge is 2.15. The fourth-order valence-corrected chi connectivity index (χ4v) is 2.40. The van der Waals surface area contributed by atoms with E-state index in [4.69, 9.17) is 10.5 Å². The van der Waals surface area contributed by atoms with Gasteiger partial charge in [-0.05, 0) is 42.5 Å². The fraction of sp³-hybridized carbons (Fsp3) is 0.273. The molecule has 0 spiro atoms. The summed E-state index contributed by atoms with van der Waals surface area (Å²) in [5.41, 5.74) is 11.2. The summed E-state index contributed by atoms with van der Waals surface area (Å²) >= 11 is 6.74. The molecule has 1 aromatic carbocycles. The number of hydrogen-bond acceptors (Lipinski definition) is 3. The number of thiol groups is 1. The monoisotopic (exact) mass is 359 g/mol. The first-order chi connectivity index (χ1) is 7.90. The minimum atomic E-state index is 0.595. The maximum Gasteiger partial charge on any atom is 0.141 e. The Balaban J connectivity index is 3.59. The Morgan fingerprint density at radius 3 is 2.53 bits per heavy atom. The Morgan fingerprint density at radius 1 is 1.47 bits per heavy atom. The first kappa shape index (κ1) is 14.8. The number of alkyl halides is 1. The van der Waals surface area contributed by atoms with E-state index in [1.807, 2.05) is 13.0 Å². The molecule has 2 N–H and O–H groups in total. The number of rotatable bonds is 3. The lowest BCUT2D eigenvalue weighted by Crippen LogP contribution is -2.25. The summed E-state index contributed by atoms with van der Waals surface area (Å²) in [6.45, 7) is 3.97. The number of benzene rings is 1. The number of halogens is 1. The van der Waals surface area contributed by atoms with Gasteiger partial charge in [-0.25, -0.2) is 0 Å². The summed E-state index contributed by atoms with van der Waals surface area (Å²) in [5, 5.41) is 0. The summed E-state index contributed by atoms with van der Waals surface area (Å²) in [5.74, 6) is 0.827. The predicted octanol–water partition coefficient (Wildman–Crippen LogP) is -0.109. The van der Waals surface area contributed by atoms with Gasteiger partial charge in [-0.15, -0.1) is 12.6 Å². The SMILES string of the molecule is Bc1c(C)c(B)c(/C=C(\C)N)c(OCI)c1S. The highest BCUT2D eigenvalue weighted by atomic mass is 127. The van der Waals surface area contributed by atoms with Gasteiger partial charge in [0.2, 0.25) is 0 Å². The van der Waals surface area contributed by atoms with Gasteiger partial charge in [-0.3, -0.25) is 0 Å². The summed E-state index contributed by atoms with van der Waals surface area (Å²) in [6, 6.07) is 0. The van der Waals surface area contributed by atoms with Crippen molar-refractivity contribution in [2.24, 2.45) is 5.73 Å². The quantitative estimate of drug-likeness (QED) is 0.342. The molecule has 0 radical (unpaired) electrons. The molecular weight excluding hydrogens is 343 g/mol. The lowest BCUT2D eigenvalue weighted by Gasteiger charge is -2.18. The van der Waals surface area contributed by atoms with E-state index < -0.39 is 0 Å². The van der Waals surface area contributed by atoms with E-state index in [0.717, 1.165) is 27.4 Å². The van der Waals surface area contributed by atoms with Crippen LogP contribution < -0.4 is 21.4 Å². The van der Waals surface area contributed by atoms with E-state index >= 15 is 0 Å². The van der Waals surface area contributed by atoms with Crippen molar-refractivity contribution in [3.8, 4) is 5.75 Å². The molecule has 90 valence electrons. The van der Waals surface area contributed by atoms with Crippen molar-refractivity contribution in [1.82, 2.24) is 0 Å². The van der Waals surface area contributed by atoms with E-state index in [9.17, 15) is 0 Å². The average molecular weight is 359 g/mol. The maximum absolute atomic E-state index is 5.78. The second-order valence-electron chi connectivity index (χ2n) is 4.11. The van der Waals surface area contributed by atoms with Crippen LogP contribution in [0.1, 0.15) is 18.1 Å². The predicted molar refractivity (Wildman–Crippen MR) is 92.1 cm³/mol. The van der Waals surface area contributed by atoms with Crippen LogP contribution >= 0.6 is 35.2 Å². The molecule has 0 bridgehead atoms. The van der Waals surface area contributed by atoms with Crippen molar-refractivity contribution in [3.05, 3.63) is 16.8 Å². The zero-order valence-electron chi connectivity index (χ0n) is 10.6. The van der Waals surface area contributed by atoms with Crippen molar-refractivity contribution in [2.45, 2.75) is 18.7 Å². The molecule has 0 aliphatic heterocycles. The van der Waals surface area contributed by atoms with Crippen molar-refractivity contribution in [2.75, 3.05) is 4.61 Å². The molecular formula is C11H16B2INOS. The molecule has 0 unspecified atom stereocenters. The summed E-state index contributed by atoms with van der Waals surface area (Å²) < 4.78 is 6.29. The standard InChI is InChI=1S/C11H16B2INOS/c1-5(15)3-7-8(12)6(2)9(13)11(17)10(7)16-4-14/h3,17H,4,12-13,15H2,1-2H3/b5-3+. The fourth-order valence-electron chi connectivity index (χ4n) is 1.73. The lowest BCUT2D eigenvalue weighted by atomic mass is 9.78. The van der Waals surface area contributed by atoms with Gasteiger partial charge in [-0.2, -0.15) is 0 Å². The molecule has 0 aliphatic rings. The highest BCUT2D eigenvalue weighted by Crippen LogP contribution is 2.27. The molecule has 1 rings (SSSR count). The number of hydrogen-bond donors (Lipinski definition) is 2. The Labute approximate surface area is 124 Å². The van der Waals surface area contributed by atoms with Crippen molar-refractivity contribution < 1.29 is 4.74 Å². The molecule has 1 aromatic rings. The van der Waals surface area contributed by atoms with Crippen LogP contribution in [0.4, 0.5) is 0 Å². The Hall–Kier alpha value is -0.230. The van der Waals surface area contributed by atoms with Crippen LogP contribution in [-0.4, -0.2) is 20.3 Å². The van der Waals surface area contributed by atoms with Gasteiger partial charge in [0.15, 0.2) is 0 Å². The molecule has 0 heterocycles. The topological polar surface area (TPSA) is 35.2 Å². The third-order valence-corrected chi connectivity index (χ3v) is 3.76.